The average molecular weight is 356 g/mol. The molecule has 1 N–H and O–H groups in total. The van der Waals surface area contributed by atoms with Crippen molar-refractivity contribution in [2.45, 2.75) is 30.6 Å². The molecule has 0 atom stereocenters. The van der Waals surface area contributed by atoms with Crippen molar-refractivity contribution in [3.8, 4) is 0 Å². The van der Waals surface area contributed by atoms with Crippen LogP contribution in [0.25, 0.3) is 0 Å². The molecule has 2 aromatic rings. The molecule has 2 aliphatic heterocycles. The fourth-order valence-corrected chi connectivity index (χ4v) is 4.79. The van der Waals surface area contributed by atoms with Crippen LogP contribution in [0.4, 0.5) is 5.69 Å². The van der Waals surface area contributed by atoms with Crippen LogP contribution in [0, 0.1) is 0 Å². The molecule has 4 rings (SSSR count). The Morgan fingerprint density at radius 2 is 1.84 bits per heavy atom. The molecule has 1 amide bonds. The number of rotatable bonds is 5. The van der Waals surface area contributed by atoms with Crippen molar-refractivity contribution in [3.05, 3.63) is 59.2 Å². The van der Waals surface area contributed by atoms with Crippen LogP contribution < -0.4 is 9.62 Å². The van der Waals surface area contributed by atoms with Gasteiger partial charge in [0.15, 0.2) is 0 Å². The lowest BCUT2D eigenvalue weighted by molar-refractivity contribution is -0.117. The summed E-state index contributed by atoms with van der Waals surface area (Å²) in [4.78, 5) is 14.2. The summed E-state index contributed by atoms with van der Waals surface area (Å²) in [5.74, 6) is 0.0718. The topological polar surface area (TPSA) is 66.5 Å². The lowest BCUT2D eigenvalue weighted by Crippen LogP contribution is -2.31. The summed E-state index contributed by atoms with van der Waals surface area (Å²) in [6, 6.07) is 13.2. The first-order valence-electron chi connectivity index (χ1n) is 8.54. The minimum atomic E-state index is -3.58. The van der Waals surface area contributed by atoms with Crippen LogP contribution in [0.5, 0.6) is 0 Å². The van der Waals surface area contributed by atoms with Crippen molar-refractivity contribution in [2.75, 3.05) is 18.0 Å². The van der Waals surface area contributed by atoms with E-state index in [4.69, 9.17) is 0 Å². The predicted molar refractivity (Wildman–Crippen MR) is 96.2 cm³/mol. The minimum absolute atomic E-state index is 0.0718. The largest absolute Gasteiger partial charge is 0.312 e. The lowest BCUT2D eigenvalue weighted by atomic mass is 10.0. The zero-order valence-electron chi connectivity index (χ0n) is 13.9. The normalized spacial score (nSPS) is 16.2. The maximum atomic E-state index is 12.7. The van der Waals surface area contributed by atoms with E-state index in [0.29, 0.717) is 19.4 Å². The Balaban J connectivity index is 1.55. The minimum Gasteiger partial charge on any atom is -0.312 e. The van der Waals surface area contributed by atoms with Crippen molar-refractivity contribution in [1.29, 1.82) is 0 Å². The monoisotopic (exact) mass is 356 g/mol. The van der Waals surface area contributed by atoms with Gasteiger partial charge in [0.05, 0.1) is 17.0 Å². The third-order valence-corrected chi connectivity index (χ3v) is 6.28. The van der Waals surface area contributed by atoms with Gasteiger partial charge in [-0.1, -0.05) is 30.3 Å². The number of nitrogens with zero attached hydrogens (tertiary/aromatic N) is 1. The maximum absolute atomic E-state index is 12.7. The zero-order chi connectivity index (χ0) is 17.4. The summed E-state index contributed by atoms with van der Waals surface area (Å²) in [6.07, 6.45) is 2.64. The van der Waals surface area contributed by atoms with Crippen molar-refractivity contribution in [1.82, 2.24) is 4.72 Å². The van der Waals surface area contributed by atoms with Gasteiger partial charge in [0, 0.05) is 13.1 Å². The van der Waals surface area contributed by atoms with Gasteiger partial charge in [-0.2, -0.15) is 0 Å². The van der Waals surface area contributed by atoms with Gasteiger partial charge in [-0.05, 0) is 48.1 Å². The fourth-order valence-electron chi connectivity index (χ4n) is 3.66. The van der Waals surface area contributed by atoms with Gasteiger partial charge in [0.25, 0.3) is 0 Å². The molecule has 5 nitrogen and oxygen atoms in total. The molecule has 0 saturated carbocycles. The first-order chi connectivity index (χ1) is 12.0. The summed E-state index contributed by atoms with van der Waals surface area (Å²) in [6.45, 7) is 1.09. The highest BCUT2D eigenvalue weighted by Gasteiger charge is 2.33. The number of aryl methyl sites for hydroxylation is 1. The number of hydrogen-bond acceptors (Lipinski definition) is 3. The zero-order valence-corrected chi connectivity index (χ0v) is 14.7. The number of anilines is 1. The molecule has 0 spiro atoms. The molecule has 0 bridgehead atoms. The second-order valence-electron chi connectivity index (χ2n) is 6.55. The molecule has 0 aliphatic carbocycles. The van der Waals surface area contributed by atoms with Gasteiger partial charge < -0.3 is 4.90 Å². The van der Waals surface area contributed by atoms with E-state index in [1.165, 1.54) is 0 Å². The van der Waals surface area contributed by atoms with Crippen LogP contribution >= 0.6 is 0 Å². The lowest BCUT2D eigenvalue weighted by Gasteiger charge is -2.26. The summed E-state index contributed by atoms with van der Waals surface area (Å²) in [5, 5.41) is 0. The summed E-state index contributed by atoms with van der Waals surface area (Å²) < 4.78 is 28.0. The standard InChI is InChI=1S/C19H20N2O3S/c22-18-13-16-12-17(11-15-7-4-10-21(18)19(15)16)25(23,24)20-9-8-14-5-2-1-3-6-14/h1-3,5-6,11-12,20H,4,7-10,13H2. The number of sulfonamides is 1. The van der Waals surface area contributed by atoms with Gasteiger partial charge in [-0.15, -0.1) is 0 Å². The smallest absolute Gasteiger partial charge is 0.240 e. The van der Waals surface area contributed by atoms with Gasteiger partial charge in [-0.25, -0.2) is 13.1 Å². The molecule has 130 valence electrons. The molecule has 2 aromatic carbocycles. The van der Waals surface area contributed by atoms with E-state index in [-0.39, 0.29) is 10.8 Å². The van der Waals surface area contributed by atoms with E-state index in [9.17, 15) is 13.2 Å². The SMILES string of the molecule is O=C1Cc2cc(S(=O)(=O)NCCc3ccccc3)cc3c2N1CCC3. The van der Waals surface area contributed by atoms with Crippen LogP contribution in [-0.4, -0.2) is 27.4 Å². The van der Waals surface area contributed by atoms with Crippen LogP contribution in [-0.2, 0) is 34.1 Å². The van der Waals surface area contributed by atoms with Crippen molar-refractivity contribution >= 4 is 21.6 Å². The molecule has 0 saturated heterocycles. The molecular formula is C19H20N2O3S. The molecular weight excluding hydrogens is 336 g/mol. The highest BCUT2D eigenvalue weighted by molar-refractivity contribution is 7.89. The predicted octanol–water partition coefficient (Wildman–Crippen LogP) is 2.04. The van der Waals surface area contributed by atoms with Crippen molar-refractivity contribution < 1.29 is 13.2 Å². The summed E-state index contributed by atoms with van der Waals surface area (Å²) in [5.41, 5.74) is 3.85. The quantitative estimate of drug-likeness (QED) is 0.892. The van der Waals surface area contributed by atoms with Gasteiger partial charge in [0.2, 0.25) is 15.9 Å². The fraction of sp³-hybridized carbons (Fsp3) is 0.316. The Bertz CT molecular complexity index is 923. The second-order valence-corrected chi connectivity index (χ2v) is 8.32. The molecule has 2 aliphatic rings. The molecule has 0 radical (unpaired) electrons. The average Bonchev–Trinajstić information content (AvgIpc) is 2.93. The number of hydrogen-bond donors (Lipinski definition) is 1. The third-order valence-electron chi connectivity index (χ3n) is 4.84. The van der Waals surface area contributed by atoms with E-state index < -0.39 is 10.0 Å². The maximum Gasteiger partial charge on any atom is 0.240 e. The highest BCUT2D eigenvalue weighted by Crippen LogP contribution is 2.38. The van der Waals surface area contributed by atoms with Crippen LogP contribution in [0.1, 0.15) is 23.1 Å². The number of benzene rings is 2. The first-order valence-corrected chi connectivity index (χ1v) is 10.0. The van der Waals surface area contributed by atoms with E-state index in [0.717, 1.165) is 41.8 Å². The summed E-state index contributed by atoms with van der Waals surface area (Å²) in [7, 11) is -3.58. The second kappa shape index (κ2) is 6.28. The molecule has 6 heteroatoms. The third kappa shape index (κ3) is 3.07. The van der Waals surface area contributed by atoms with Gasteiger partial charge in [0.1, 0.15) is 0 Å². The Morgan fingerprint density at radius 1 is 1.08 bits per heavy atom. The Hall–Kier alpha value is -2.18. The number of carbonyl (C=O) groups is 1. The van der Waals surface area contributed by atoms with Gasteiger partial charge >= 0.3 is 0 Å². The Morgan fingerprint density at radius 3 is 2.64 bits per heavy atom. The number of carbonyl (C=O) groups excluding carboxylic acids is 1. The summed E-state index contributed by atoms with van der Waals surface area (Å²) >= 11 is 0. The van der Waals surface area contributed by atoms with E-state index >= 15 is 0 Å². The Labute approximate surface area is 147 Å². The van der Waals surface area contributed by atoms with E-state index in [2.05, 4.69) is 4.72 Å². The van der Waals surface area contributed by atoms with E-state index in [1.54, 1.807) is 17.0 Å². The van der Waals surface area contributed by atoms with Crippen LogP contribution in [0.15, 0.2) is 47.4 Å². The van der Waals surface area contributed by atoms with Gasteiger partial charge in [-0.3, -0.25) is 4.79 Å². The number of amides is 1. The number of nitrogens with one attached hydrogen (secondary N) is 1. The molecule has 0 fully saturated rings. The van der Waals surface area contributed by atoms with E-state index in [1.807, 2.05) is 30.3 Å². The van der Waals surface area contributed by atoms with Crippen molar-refractivity contribution in [2.24, 2.45) is 0 Å². The first kappa shape index (κ1) is 16.3. The highest BCUT2D eigenvalue weighted by atomic mass is 32.2. The Kier molecular flexibility index (Phi) is 4.09. The molecule has 25 heavy (non-hydrogen) atoms. The molecule has 2 heterocycles. The molecule has 0 aromatic heterocycles. The van der Waals surface area contributed by atoms with Crippen LogP contribution in [0.3, 0.4) is 0 Å². The van der Waals surface area contributed by atoms with Crippen molar-refractivity contribution in [3.63, 3.8) is 0 Å². The molecule has 0 unspecified atom stereocenters. The van der Waals surface area contributed by atoms with Crippen LogP contribution in [0.2, 0.25) is 0 Å².